The highest BCUT2D eigenvalue weighted by Crippen LogP contribution is 2.53. The van der Waals surface area contributed by atoms with Crippen LogP contribution < -0.4 is 21.4 Å². The van der Waals surface area contributed by atoms with Crippen LogP contribution >= 0.6 is 11.6 Å². The summed E-state index contributed by atoms with van der Waals surface area (Å²) >= 11 is 6.16. The van der Waals surface area contributed by atoms with Crippen LogP contribution in [0.25, 0.3) is 11.0 Å². The lowest BCUT2D eigenvalue weighted by Gasteiger charge is -2.32. The summed E-state index contributed by atoms with van der Waals surface area (Å²) in [5, 5.41) is 13.3. The number of anilines is 1. The Kier molecular flexibility index (Phi) is 3.15. The van der Waals surface area contributed by atoms with Crippen LogP contribution in [0.1, 0.15) is 11.1 Å². The van der Waals surface area contributed by atoms with Gasteiger partial charge in [-0.1, -0.05) is 23.7 Å². The summed E-state index contributed by atoms with van der Waals surface area (Å²) < 4.78 is 11.1. The number of amides is 1. The van der Waals surface area contributed by atoms with Gasteiger partial charge in [0.2, 0.25) is 11.8 Å². The number of para-hydroxylation sites is 1. The van der Waals surface area contributed by atoms with Gasteiger partial charge < -0.3 is 20.2 Å². The largest absolute Gasteiger partial charge is 0.439 e. The number of ether oxygens (including phenoxy) is 1. The van der Waals surface area contributed by atoms with E-state index in [4.69, 9.17) is 26.5 Å². The molecular formula is C20H10ClN3O4. The number of nitrogens with one attached hydrogen (secondary N) is 1. The number of benzene rings is 2. The molecule has 2 aliphatic rings. The highest BCUT2D eigenvalue weighted by molar-refractivity contribution is 6.31. The Hall–Kier alpha value is -3.76. The van der Waals surface area contributed by atoms with Crippen LogP contribution in [0.15, 0.2) is 63.1 Å². The molecule has 3 aromatic rings. The predicted octanol–water partition coefficient (Wildman–Crippen LogP) is 2.77. The maximum atomic E-state index is 13.3. The molecule has 0 radical (unpaired) electrons. The topological polar surface area (TPSA) is 118 Å². The molecule has 0 unspecified atom stereocenters. The van der Waals surface area contributed by atoms with Crippen molar-refractivity contribution in [3.8, 4) is 11.8 Å². The van der Waals surface area contributed by atoms with Crippen molar-refractivity contribution in [3.05, 3.63) is 80.5 Å². The van der Waals surface area contributed by atoms with Crippen LogP contribution in [-0.2, 0) is 10.2 Å². The molecule has 2 aliphatic heterocycles. The van der Waals surface area contributed by atoms with Gasteiger partial charge >= 0.3 is 5.63 Å². The van der Waals surface area contributed by atoms with Crippen molar-refractivity contribution in [2.45, 2.75) is 5.41 Å². The lowest BCUT2D eigenvalue weighted by Crippen LogP contribution is -2.45. The molecule has 2 aromatic carbocycles. The normalized spacial score (nSPS) is 19.8. The first-order chi connectivity index (χ1) is 13.5. The Bertz CT molecular complexity index is 1350. The number of halogens is 1. The number of carbonyl (C=O) groups is 1. The van der Waals surface area contributed by atoms with Gasteiger partial charge in [-0.15, -0.1) is 0 Å². The van der Waals surface area contributed by atoms with Gasteiger partial charge in [0.15, 0.2) is 11.2 Å². The van der Waals surface area contributed by atoms with Crippen molar-refractivity contribution in [2.24, 2.45) is 5.73 Å². The zero-order valence-corrected chi connectivity index (χ0v) is 14.8. The molecule has 0 saturated heterocycles. The SMILES string of the molecule is N#CC1=C(N)Oc2c(c(=O)oc3ccccc23)[C@@]12C(=O)Nc1ccc(Cl)cc12. The highest BCUT2D eigenvalue weighted by atomic mass is 35.5. The quantitative estimate of drug-likeness (QED) is 0.569. The molecule has 7 nitrogen and oxygen atoms in total. The molecule has 3 N–H and O–H groups in total. The molecular weight excluding hydrogens is 382 g/mol. The van der Waals surface area contributed by atoms with E-state index in [0.717, 1.165) is 0 Å². The number of carbonyl (C=O) groups excluding carboxylic acids is 1. The maximum Gasteiger partial charge on any atom is 0.345 e. The van der Waals surface area contributed by atoms with Gasteiger partial charge in [-0.3, -0.25) is 4.79 Å². The smallest absolute Gasteiger partial charge is 0.345 e. The van der Waals surface area contributed by atoms with Crippen molar-refractivity contribution in [1.82, 2.24) is 0 Å². The van der Waals surface area contributed by atoms with E-state index >= 15 is 0 Å². The predicted molar refractivity (Wildman–Crippen MR) is 101 cm³/mol. The average molecular weight is 392 g/mol. The first-order valence-electron chi connectivity index (χ1n) is 8.24. The van der Waals surface area contributed by atoms with Crippen LogP contribution in [0.4, 0.5) is 5.69 Å². The molecule has 3 heterocycles. The van der Waals surface area contributed by atoms with Gasteiger partial charge in [-0.05, 0) is 30.3 Å². The molecule has 0 bridgehead atoms. The second kappa shape index (κ2) is 5.38. The second-order valence-electron chi connectivity index (χ2n) is 6.44. The number of rotatable bonds is 0. The molecule has 0 fully saturated rings. The van der Waals surface area contributed by atoms with Crippen LogP contribution in [-0.4, -0.2) is 5.91 Å². The summed E-state index contributed by atoms with van der Waals surface area (Å²) in [6, 6.07) is 13.4. The summed E-state index contributed by atoms with van der Waals surface area (Å²) in [4.78, 5) is 26.3. The van der Waals surface area contributed by atoms with E-state index in [1.807, 2.05) is 6.07 Å². The lowest BCUT2D eigenvalue weighted by molar-refractivity contribution is -0.118. The third-order valence-corrected chi connectivity index (χ3v) is 5.30. The number of hydrogen-bond acceptors (Lipinski definition) is 6. The van der Waals surface area contributed by atoms with E-state index in [1.165, 1.54) is 6.07 Å². The molecule has 28 heavy (non-hydrogen) atoms. The Labute approximate surface area is 162 Å². The van der Waals surface area contributed by atoms with Crippen molar-refractivity contribution < 1.29 is 13.9 Å². The van der Waals surface area contributed by atoms with Crippen LogP contribution in [0.2, 0.25) is 5.02 Å². The summed E-state index contributed by atoms with van der Waals surface area (Å²) in [6.45, 7) is 0. The third-order valence-electron chi connectivity index (χ3n) is 5.06. The van der Waals surface area contributed by atoms with E-state index in [1.54, 1.807) is 36.4 Å². The molecule has 136 valence electrons. The molecule has 1 amide bonds. The number of nitrogens with two attached hydrogens (primary N) is 1. The van der Waals surface area contributed by atoms with Gasteiger partial charge in [-0.25, -0.2) is 4.79 Å². The number of fused-ring (bicyclic) bond motifs is 6. The fourth-order valence-corrected chi connectivity index (χ4v) is 4.10. The van der Waals surface area contributed by atoms with Crippen molar-refractivity contribution in [2.75, 3.05) is 5.32 Å². The van der Waals surface area contributed by atoms with Crippen molar-refractivity contribution in [1.29, 1.82) is 5.26 Å². The van der Waals surface area contributed by atoms with Gasteiger partial charge in [0.1, 0.15) is 22.8 Å². The van der Waals surface area contributed by atoms with Crippen LogP contribution in [0.5, 0.6) is 5.75 Å². The average Bonchev–Trinajstić information content (AvgIpc) is 2.94. The Balaban J connectivity index is 2.03. The molecule has 5 rings (SSSR count). The molecule has 1 aromatic heterocycles. The van der Waals surface area contributed by atoms with E-state index < -0.39 is 16.9 Å². The fourth-order valence-electron chi connectivity index (χ4n) is 3.93. The third kappa shape index (κ3) is 1.82. The zero-order valence-electron chi connectivity index (χ0n) is 14.1. The maximum absolute atomic E-state index is 13.3. The van der Waals surface area contributed by atoms with E-state index in [0.29, 0.717) is 21.7 Å². The van der Waals surface area contributed by atoms with Gasteiger partial charge in [0.05, 0.1) is 5.39 Å². The summed E-state index contributed by atoms with van der Waals surface area (Å²) in [6.07, 6.45) is 0. The Morgan fingerprint density at radius 1 is 1.18 bits per heavy atom. The van der Waals surface area contributed by atoms with Crippen molar-refractivity contribution in [3.63, 3.8) is 0 Å². The number of nitriles is 1. The minimum Gasteiger partial charge on any atom is -0.439 e. The highest BCUT2D eigenvalue weighted by Gasteiger charge is 2.58. The zero-order chi connectivity index (χ0) is 19.6. The first-order valence-corrected chi connectivity index (χ1v) is 8.62. The Morgan fingerprint density at radius 2 is 1.96 bits per heavy atom. The summed E-state index contributed by atoms with van der Waals surface area (Å²) in [5.41, 5.74) is 4.20. The number of nitrogens with zero attached hydrogens (tertiary/aromatic N) is 1. The standard InChI is InChI=1S/C20H10ClN3O4/c21-9-5-6-13-11(7-9)20(19(26)24-13)12(8-22)17(23)28-16-10-3-1-2-4-14(10)27-18(25)15(16)20/h1-7H,23H2,(H,24,26)/t20-/m0/s1. The Morgan fingerprint density at radius 3 is 2.75 bits per heavy atom. The first kappa shape index (κ1) is 16.4. The lowest BCUT2D eigenvalue weighted by atomic mass is 9.69. The van der Waals surface area contributed by atoms with Gasteiger partial charge in [-0.2, -0.15) is 5.26 Å². The van der Waals surface area contributed by atoms with Gasteiger partial charge in [0.25, 0.3) is 0 Å². The van der Waals surface area contributed by atoms with E-state index in [9.17, 15) is 14.9 Å². The molecule has 8 heteroatoms. The van der Waals surface area contributed by atoms with Gasteiger partial charge in [0, 0.05) is 16.3 Å². The van der Waals surface area contributed by atoms with E-state index in [-0.39, 0.29) is 28.4 Å². The number of hydrogen-bond donors (Lipinski definition) is 2. The molecule has 1 spiro atoms. The fraction of sp³-hybridized carbons (Fsp3) is 0.0500. The van der Waals surface area contributed by atoms with Crippen LogP contribution in [0.3, 0.4) is 0 Å². The van der Waals surface area contributed by atoms with E-state index in [2.05, 4.69) is 5.32 Å². The second-order valence-corrected chi connectivity index (χ2v) is 6.87. The molecule has 0 aliphatic carbocycles. The monoisotopic (exact) mass is 391 g/mol. The summed E-state index contributed by atoms with van der Waals surface area (Å²) in [5.74, 6) is -0.767. The molecule has 1 atom stereocenters. The minimum absolute atomic E-state index is 0.0892. The molecule has 0 saturated carbocycles. The van der Waals surface area contributed by atoms with Crippen LogP contribution in [0, 0.1) is 11.3 Å². The minimum atomic E-state index is -1.81. The van der Waals surface area contributed by atoms with Crippen molar-refractivity contribution >= 4 is 34.2 Å². The summed E-state index contributed by atoms with van der Waals surface area (Å²) in [7, 11) is 0.